The molecule has 130 valence electrons. The number of carbonyl (C=O) groups is 1. The summed E-state index contributed by atoms with van der Waals surface area (Å²) in [5.41, 5.74) is -0.336. The summed E-state index contributed by atoms with van der Waals surface area (Å²) in [6, 6.07) is 0. The van der Waals surface area contributed by atoms with Crippen molar-refractivity contribution in [3.63, 3.8) is 0 Å². The molecule has 2 spiro atoms. The van der Waals surface area contributed by atoms with Crippen molar-refractivity contribution in [3.05, 3.63) is 0 Å². The van der Waals surface area contributed by atoms with Crippen LogP contribution < -0.4 is 5.32 Å². The molecule has 23 heavy (non-hydrogen) atoms. The quantitative estimate of drug-likeness (QED) is 0.807. The van der Waals surface area contributed by atoms with E-state index in [-0.39, 0.29) is 22.0 Å². The Kier molecular flexibility index (Phi) is 3.56. The lowest BCUT2D eigenvalue weighted by Gasteiger charge is -2.46. The maximum atomic E-state index is 12.7. The lowest BCUT2D eigenvalue weighted by Crippen LogP contribution is -2.53. The molecule has 0 bridgehead atoms. The second-order valence-electron chi connectivity index (χ2n) is 7.81. The molecule has 0 radical (unpaired) electrons. The monoisotopic (exact) mass is 341 g/mol. The first-order chi connectivity index (χ1) is 10.9. The Balaban J connectivity index is 1.57. The number of nitrogens with zero attached hydrogens (tertiary/aromatic N) is 2. The van der Waals surface area contributed by atoms with Crippen LogP contribution in [0, 0.1) is 10.8 Å². The fourth-order valence-electron chi connectivity index (χ4n) is 5.12. The van der Waals surface area contributed by atoms with E-state index in [0.717, 1.165) is 58.3 Å². The fraction of sp³-hybridized carbons (Fsp3) is 0.938. The second-order valence-corrected chi connectivity index (χ2v) is 10.0. The van der Waals surface area contributed by atoms with Crippen LogP contribution in [-0.4, -0.2) is 68.0 Å². The fourth-order valence-corrected chi connectivity index (χ4v) is 6.96. The van der Waals surface area contributed by atoms with E-state index < -0.39 is 10.0 Å². The van der Waals surface area contributed by atoms with Gasteiger partial charge in [-0.25, -0.2) is 12.7 Å². The first-order valence-corrected chi connectivity index (χ1v) is 10.4. The van der Waals surface area contributed by atoms with Crippen LogP contribution >= 0.6 is 0 Å². The standard InChI is InChI=1S/C16H27N3O3S/c1-2-18-11-15(16(12-18)5-8-17-14(16)20)6-9-19(10-7-15)23(21,22)13-3-4-13/h13H,2-12H2,1H3,(H,17,20). The largest absolute Gasteiger partial charge is 0.356 e. The van der Waals surface area contributed by atoms with Gasteiger partial charge in [0.25, 0.3) is 0 Å². The Labute approximate surface area is 138 Å². The molecular formula is C16H27N3O3S. The van der Waals surface area contributed by atoms with Crippen LogP contribution in [0.5, 0.6) is 0 Å². The number of likely N-dealkylation sites (tertiary alicyclic amines) is 1. The summed E-state index contributed by atoms with van der Waals surface area (Å²) in [4.78, 5) is 15.0. The van der Waals surface area contributed by atoms with Gasteiger partial charge in [-0.1, -0.05) is 6.92 Å². The molecule has 3 heterocycles. The van der Waals surface area contributed by atoms with Gasteiger partial charge in [0.05, 0.1) is 10.7 Å². The van der Waals surface area contributed by atoms with Gasteiger partial charge in [0, 0.05) is 38.1 Å². The van der Waals surface area contributed by atoms with Crippen molar-refractivity contribution < 1.29 is 13.2 Å². The van der Waals surface area contributed by atoms with Gasteiger partial charge >= 0.3 is 0 Å². The Bertz CT molecular complexity index is 608. The van der Waals surface area contributed by atoms with Crippen LogP contribution in [0.4, 0.5) is 0 Å². The minimum absolute atomic E-state index is 0.0425. The van der Waals surface area contributed by atoms with Crippen LogP contribution in [-0.2, 0) is 14.8 Å². The van der Waals surface area contributed by atoms with E-state index in [2.05, 4.69) is 17.1 Å². The molecule has 3 saturated heterocycles. The third kappa shape index (κ3) is 2.19. The molecule has 7 heteroatoms. The Hall–Kier alpha value is -0.660. The lowest BCUT2D eigenvalue weighted by atomic mass is 9.60. The third-order valence-corrected chi connectivity index (χ3v) is 9.14. The maximum Gasteiger partial charge on any atom is 0.228 e. The van der Waals surface area contributed by atoms with E-state index in [4.69, 9.17) is 0 Å². The molecule has 1 amide bonds. The van der Waals surface area contributed by atoms with Crippen molar-refractivity contribution >= 4 is 15.9 Å². The molecule has 0 aromatic carbocycles. The van der Waals surface area contributed by atoms with Gasteiger partial charge in [0.2, 0.25) is 15.9 Å². The molecule has 1 unspecified atom stereocenters. The summed E-state index contributed by atoms with van der Waals surface area (Å²) in [5, 5.41) is 2.91. The number of sulfonamides is 1. The van der Waals surface area contributed by atoms with Crippen molar-refractivity contribution in [2.45, 2.75) is 44.3 Å². The van der Waals surface area contributed by atoms with Gasteiger partial charge in [-0.15, -0.1) is 0 Å². The van der Waals surface area contributed by atoms with E-state index in [1.807, 2.05) is 0 Å². The molecule has 1 aliphatic carbocycles. The number of fused-ring (bicyclic) bond motifs is 1. The van der Waals surface area contributed by atoms with E-state index in [0.29, 0.717) is 13.1 Å². The van der Waals surface area contributed by atoms with Crippen LogP contribution in [0.1, 0.15) is 39.0 Å². The molecule has 1 N–H and O–H groups in total. The zero-order chi connectivity index (χ0) is 16.3. The minimum atomic E-state index is -3.08. The SMILES string of the molecule is CCN1CC2(CCN(S(=O)(=O)C3CC3)CC2)C2(CCNC2=O)C1. The second kappa shape index (κ2) is 5.17. The highest BCUT2D eigenvalue weighted by atomic mass is 32.2. The average Bonchev–Trinajstić information content (AvgIpc) is 3.28. The first kappa shape index (κ1) is 15.8. The number of rotatable bonds is 3. The smallest absolute Gasteiger partial charge is 0.228 e. The van der Waals surface area contributed by atoms with Crippen LogP contribution in [0.2, 0.25) is 0 Å². The number of amides is 1. The molecule has 4 rings (SSSR count). The van der Waals surface area contributed by atoms with Gasteiger partial charge in [-0.05, 0) is 38.6 Å². The van der Waals surface area contributed by atoms with Crippen LogP contribution in [0.25, 0.3) is 0 Å². The van der Waals surface area contributed by atoms with Crippen molar-refractivity contribution in [1.82, 2.24) is 14.5 Å². The van der Waals surface area contributed by atoms with Gasteiger partial charge in [-0.3, -0.25) is 4.79 Å². The Morgan fingerprint density at radius 2 is 1.87 bits per heavy atom. The highest BCUT2D eigenvalue weighted by Gasteiger charge is 2.63. The van der Waals surface area contributed by atoms with Crippen molar-refractivity contribution in [1.29, 1.82) is 0 Å². The molecule has 0 aromatic rings. The summed E-state index contributed by atoms with van der Waals surface area (Å²) in [6.07, 6.45) is 4.18. The van der Waals surface area contributed by atoms with Gasteiger partial charge in [0.1, 0.15) is 0 Å². The Morgan fingerprint density at radius 1 is 1.17 bits per heavy atom. The van der Waals surface area contributed by atoms with Crippen molar-refractivity contribution in [2.24, 2.45) is 10.8 Å². The van der Waals surface area contributed by atoms with Crippen molar-refractivity contribution in [3.8, 4) is 0 Å². The first-order valence-electron chi connectivity index (χ1n) is 8.93. The number of nitrogens with one attached hydrogen (secondary N) is 1. The predicted octanol–water partition coefficient (Wildman–Crippen LogP) is 0.403. The molecule has 0 aromatic heterocycles. The molecule has 4 aliphatic rings. The average molecular weight is 341 g/mol. The third-order valence-electron chi connectivity index (χ3n) is 6.74. The summed E-state index contributed by atoms with van der Waals surface area (Å²) in [7, 11) is -3.08. The van der Waals surface area contributed by atoms with E-state index in [9.17, 15) is 13.2 Å². The molecular weight excluding hydrogens is 314 g/mol. The number of hydrogen-bond acceptors (Lipinski definition) is 4. The minimum Gasteiger partial charge on any atom is -0.356 e. The van der Waals surface area contributed by atoms with Gasteiger partial charge in [0.15, 0.2) is 0 Å². The summed E-state index contributed by atoms with van der Waals surface area (Å²) in [6.45, 7) is 6.82. The Morgan fingerprint density at radius 3 is 2.39 bits per heavy atom. The number of carbonyl (C=O) groups excluding carboxylic acids is 1. The zero-order valence-electron chi connectivity index (χ0n) is 13.9. The van der Waals surface area contributed by atoms with Crippen molar-refractivity contribution in [2.75, 3.05) is 39.3 Å². The topological polar surface area (TPSA) is 69.7 Å². The zero-order valence-corrected chi connectivity index (χ0v) is 14.7. The molecule has 4 fully saturated rings. The predicted molar refractivity (Wildman–Crippen MR) is 87.4 cm³/mol. The van der Waals surface area contributed by atoms with E-state index in [1.54, 1.807) is 4.31 Å². The highest BCUT2D eigenvalue weighted by Crippen LogP contribution is 2.56. The maximum absolute atomic E-state index is 12.7. The molecule has 6 nitrogen and oxygen atoms in total. The molecule has 1 saturated carbocycles. The summed E-state index contributed by atoms with van der Waals surface area (Å²) in [5.74, 6) is 0.201. The summed E-state index contributed by atoms with van der Waals surface area (Å²) < 4.78 is 26.7. The lowest BCUT2D eigenvalue weighted by molar-refractivity contribution is -0.133. The van der Waals surface area contributed by atoms with Gasteiger partial charge in [-0.2, -0.15) is 0 Å². The normalized spacial score (nSPS) is 35.3. The van der Waals surface area contributed by atoms with E-state index in [1.165, 1.54) is 0 Å². The van der Waals surface area contributed by atoms with Crippen LogP contribution in [0.15, 0.2) is 0 Å². The van der Waals surface area contributed by atoms with Crippen LogP contribution in [0.3, 0.4) is 0 Å². The molecule has 1 atom stereocenters. The van der Waals surface area contributed by atoms with E-state index >= 15 is 0 Å². The van der Waals surface area contributed by atoms with Gasteiger partial charge < -0.3 is 10.2 Å². The number of piperidine rings is 1. The highest BCUT2D eigenvalue weighted by molar-refractivity contribution is 7.90. The molecule has 3 aliphatic heterocycles. The summed E-state index contributed by atoms with van der Waals surface area (Å²) >= 11 is 0. The number of hydrogen-bond donors (Lipinski definition) is 1.